The zero-order chi connectivity index (χ0) is 22.0. The first kappa shape index (κ1) is 20.4. The highest BCUT2D eigenvalue weighted by Crippen LogP contribution is 2.25. The van der Waals surface area contributed by atoms with Crippen molar-refractivity contribution in [2.45, 2.75) is 27.3 Å². The van der Waals surface area contributed by atoms with Crippen LogP contribution in [0.25, 0.3) is 11.3 Å². The normalized spacial score (nSPS) is 10.8. The number of carbonyl (C=O) groups is 1. The van der Waals surface area contributed by atoms with E-state index in [9.17, 15) is 4.79 Å². The molecule has 0 aliphatic rings. The number of methoxy groups -OCH3 is 1. The van der Waals surface area contributed by atoms with Crippen molar-refractivity contribution < 1.29 is 14.1 Å². The van der Waals surface area contributed by atoms with E-state index in [2.05, 4.69) is 34.6 Å². The van der Waals surface area contributed by atoms with Gasteiger partial charge in [0, 0.05) is 11.6 Å². The third kappa shape index (κ3) is 4.21. The Hall–Kier alpha value is -3.87. The van der Waals surface area contributed by atoms with Crippen molar-refractivity contribution in [2.24, 2.45) is 0 Å². The van der Waals surface area contributed by atoms with Crippen molar-refractivity contribution in [2.75, 3.05) is 12.4 Å². The van der Waals surface area contributed by atoms with Crippen LogP contribution in [0.2, 0.25) is 0 Å². The molecule has 4 aromatic rings. The predicted molar refractivity (Wildman–Crippen MR) is 118 cm³/mol. The summed E-state index contributed by atoms with van der Waals surface area (Å²) in [7, 11) is 1.61. The van der Waals surface area contributed by atoms with E-state index in [-0.39, 0.29) is 11.6 Å². The number of amides is 1. The van der Waals surface area contributed by atoms with Crippen molar-refractivity contribution >= 4 is 11.6 Å². The second-order valence-corrected chi connectivity index (χ2v) is 7.39. The number of nitrogens with one attached hydrogen (secondary N) is 1. The summed E-state index contributed by atoms with van der Waals surface area (Å²) in [6, 6.07) is 17.2. The molecule has 2 aromatic heterocycles. The average Bonchev–Trinajstić information content (AvgIpc) is 3.37. The van der Waals surface area contributed by atoms with Gasteiger partial charge in [0.05, 0.1) is 30.7 Å². The largest absolute Gasteiger partial charge is 0.497 e. The van der Waals surface area contributed by atoms with Gasteiger partial charge in [-0.05, 0) is 56.2 Å². The minimum atomic E-state index is -0.342. The van der Waals surface area contributed by atoms with Gasteiger partial charge in [-0.2, -0.15) is 5.10 Å². The topological polar surface area (TPSA) is 82.2 Å². The average molecular weight is 416 g/mol. The minimum Gasteiger partial charge on any atom is -0.497 e. The summed E-state index contributed by atoms with van der Waals surface area (Å²) in [6.45, 7) is 6.54. The Bertz CT molecular complexity index is 1220. The molecule has 31 heavy (non-hydrogen) atoms. The van der Waals surface area contributed by atoms with E-state index in [0.717, 1.165) is 22.7 Å². The second-order valence-electron chi connectivity index (χ2n) is 7.39. The minimum absolute atomic E-state index is 0.205. The first-order valence-corrected chi connectivity index (χ1v) is 9.97. The number of nitrogens with zero attached hydrogens (tertiary/aromatic N) is 3. The molecular formula is C24H24N4O3. The van der Waals surface area contributed by atoms with Crippen LogP contribution in [0.15, 0.2) is 59.1 Å². The van der Waals surface area contributed by atoms with Gasteiger partial charge in [-0.15, -0.1) is 0 Å². The van der Waals surface area contributed by atoms with Crippen LogP contribution in [0.5, 0.6) is 5.75 Å². The smallest absolute Gasteiger partial charge is 0.277 e. The summed E-state index contributed by atoms with van der Waals surface area (Å²) < 4.78 is 12.4. The van der Waals surface area contributed by atoms with Crippen LogP contribution >= 0.6 is 0 Å². The maximum atomic E-state index is 12.8. The van der Waals surface area contributed by atoms with Gasteiger partial charge in [-0.1, -0.05) is 29.4 Å². The first-order chi connectivity index (χ1) is 15.0. The first-order valence-electron chi connectivity index (χ1n) is 9.97. The number of anilines is 1. The van der Waals surface area contributed by atoms with Gasteiger partial charge in [0.1, 0.15) is 5.75 Å². The monoisotopic (exact) mass is 416 g/mol. The molecule has 0 radical (unpaired) electrons. The number of hydrogen-bond donors (Lipinski definition) is 1. The lowest BCUT2D eigenvalue weighted by Gasteiger charge is -2.08. The van der Waals surface area contributed by atoms with Gasteiger partial charge in [0.25, 0.3) is 5.91 Å². The molecule has 1 N–H and O–H groups in total. The number of carbonyl (C=O) groups excluding carboxylic acids is 1. The van der Waals surface area contributed by atoms with Crippen LogP contribution in [0, 0.1) is 20.8 Å². The summed E-state index contributed by atoms with van der Waals surface area (Å²) >= 11 is 0. The molecule has 1 amide bonds. The quantitative estimate of drug-likeness (QED) is 0.489. The molecule has 7 nitrogen and oxygen atoms in total. The SMILES string of the molecule is COc1ccc(-c2cc(C(=O)Nc3c(C)nn(Cc4ccccc4C)c3C)no2)cc1. The molecule has 0 fully saturated rings. The Kier molecular flexibility index (Phi) is 5.58. The van der Waals surface area contributed by atoms with Gasteiger partial charge >= 0.3 is 0 Å². The van der Waals surface area contributed by atoms with Gasteiger partial charge in [-0.25, -0.2) is 0 Å². The molecular weight excluding hydrogens is 392 g/mol. The van der Waals surface area contributed by atoms with E-state index in [1.165, 1.54) is 11.1 Å². The van der Waals surface area contributed by atoms with Crippen LogP contribution in [0.4, 0.5) is 5.69 Å². The summed E-state index contributed by atoms with van der Waals surface area (Å²) in [5.41, 5.74) is 5.72. The highest BCUT2D eigenvalue weighted by atomic mass is 16.5. The van der Waals surface area contributed by atoms with E-state index in [4.69, 9.17) is 9.26 Å². The molecule has 0 saturated heterocycles. The molecule has 0 spiro atoms. The van der Waals surface area contributed by atoms with Crippen LogP contribution in [0.3, 0.4) is 0 Å². The van der Waals surface area contributed by atoms with Gasteiger partial charge in [0.15, 0.2) is 11.5 Å². The number of aromatic nitrogens is 3. The number of hydrogen-bond acceptors (Lipinski definition) is 5. The van der Waals surface area contributed by atoms with Gasteiger partial charge in [0.2, 0.25) is 0 Å². The van der Waals surface area contributed by atoms with Crippen molar-refractivity contribution in [1.82, 2.24) is 14.9 Å². The number of benzene rings is 2. The second kappa shape index (κ2) is 8.47. The lowest BCUT2D eigenvalue weighted by Crippen LogP contribution is -2.13. The summed E-state index contributed by atoms with van der Waals surface area (Å²) in [4.78, 5) is 12.8. The van der Waals surface area contributed by atoms with Crippen molar-refractivity contribution in [3.05, 3.63) is 82.8 Å². The van der Waals surface area contributed by atoms with Crippen LogP contribution in [0.1, 0.15) is 33.0 Å². The highest BCUT2D eigenvalue weighted by Gasteiger charge is 2.19. The predicted octanol–water partition coefficient (Wildman–Crippen LogP) is 4.77. The van der Waals surface area contributed by atoms with E-state index in [0.29, 0.717) is 18.0 Å². The molecule has 158 valence electrons. The lowest BCUT2D eigenvalue weighted by atomic mass is 10.1. The van der Waals surface area contributed by atoms with Gasteiger partial charge in [-0.3, -0.25) is 9.48 Å². The summed E-state index contributed by atoms with van der Waals surface area (Å²) in [6.07, 6.45) is 0. The molecule has 0 saturated carbocycles. The number of ether oxygens (including phenoxy) is 1. The third-order valence-corrected chi connectivity index (χ3v) is 5.32. The fourth-order valence-corrected chi connectivity index (χ4v) is 3.43. The highest BCUT2D eigenvalue weighted by molar-refractivity contribution is 6.03. The maximum Gasteiger partial charge on any atom is 0.277 e. The van der Waals surface area contributed by atoms with Crippen LogP contribution in [-0.4, -0.2) is 28.0 Å². The maximum absolute atomic E-state index is 12.8. The van der Waals surface area contributed by atoms with E-state index >= 15 is 0 Å². The van der Waals surface area contributed by atoms with E-state index in [1.54, 1.807) is 13.2 Å². The van der Waals surface area contributed by atoms with Gasteiger partial charge < -0.3 is 14.6 Å². The molecule has 4 rings (SSSR count). The molecule has 0 atom stereocenters. The Labute approximate surface area is 180 Å². The molecule has 0 bridgehead atoms. The Morgan fingerprint density at radius 3 is 2.55 bits per heavy atom. The van der Waals surface area contributed by atoms with E-state index < -0.39 is 0 Å². The fourth-order valence-electron chi connectivity index (χ4n) is 3.43. The molecule has 0 aliphatic heterocycles. The molecule has 2 aromatic carbocycles. The molecule has 0 unspecified atom stereocenters. The molecule has 2 heterocycles. The zero-order valence-electron chi connectivity index (χ0n) is 18.0. The fraction of sp³-hybridized carbons (Fsp3) is 0.208. The number of aryl methyl sites for hydroxylation is 2. The van der Waals surface area contributed by atoms with E-state index in [1.807, 2.05) is 54.9 Å². The molecule has 7 heteroatoms. The zero-order valence-corrected chi connectivity index (χ0v) is 18.0. The van der Waals surface area contributed by atoms with Crippen LogP contribution in [-0.2, 0) is 6.54 Å². The van der Waals surface area contributed by atoms with Crippen molar-refractivity contribution in [1.29, 1.82) is 0 Å². The standard InChI is InChI=1S/C24H24N4O3/c1-15-7-5-6-8-19(15)14-28-17(3)23(16(2)26-28)25-24(29)21-13-22(31-27-21)18-9-11-20(30-4)12-10-18/h5-13H,14H2,1-4H3,(H,25,29). The summed E-state index contributed by atoms with van der Waals surface area (Å²) in [5, 5.41) is 11.5. The van der Waals surface area contributed by atoms with Crippen LogP contribution < -0.4 is 10.1 Å². The lowest BCUT2D eigenvalue weighted by molar-refractivity contribution is 0.101. The Morgan fingerprint density at radius 1 is 1.10 bits per heavy atom. The summed E-state index contributed by atoms with van der Waals surface area (Å²) in [5.74, 6) is 0.913. The van der Waals surface area contributed by atoms with Crippen molar-refractivity contribution in [3.63, 3.8) is 0 Å². The Balaban J connectivity index is 1.52. The number of rotatable bonds is 6. The van der Waals surface area contributed by atoms with Crippen molar-refractivity contribution in [3.8, 4) is 17.1 Å². The molecule has 0 aliphatic carbocycles. The Morgan fingerprint density at radius 2 is 1.84 bits per heavy atom. The third-order valence-electron chi connectivity index (χ3n) is 5.32.